The minimum Gasteiger partial charge on any atom is -0.391 e. The van der Waals surface area contributed by atoms with E-state index in [0.717, 1.165) is 27.7 Å². The van der Waals surface area contributed by atoms with Gasteiger partial charge in [0.2, 0.25) is 5.91 Å². The van der Waals surface area contributed by atoms with E-state index in [1.54, 1.807) is 16.2 Å². The molecule has 0 aliphatic carbocycles. The van der Waals surface area contributed by atoms with Crippen molar-refractivity contribution in [2.24, 2.45) is 5.92 Å². The molecule has 1 aromatic carbocycles. The minimum atomic E-state index is -0.547. The minimum absolute atomic E-state index is 0.00443. The van der Waals surface area contributed by atoms with Gasteiger partial charge in [-0.1, -0.05) is 35.5 Å². The number of aryl methyl sites for hydroxylation is 1. The Bertz CT molecular complexity index is 921. The number of likely N-dealkylation sites (tertiary alicyclic amines) is 1. The van der Waals surface area contributed by atoms with Gasteiger partial charge in [0.1, 0.15) is 10.8 Å². The molecule has 3 heterocycles. The molecule has 1 amide bonds. The van der Waals surface area contributed by atoms with Gasteiger partial charge >= 0.3 is 0 Å². The van der Waals surface area contributed by atoms with Crippen LogP contribution in [0.3, 0.4) is 0 Å². The predicted molar refractivity (Wildman–Crippen MR) is 102 cm³/mol. The lowest BCUT2D eigenvalue weighted by atomic mass is 10.0. The largest absolute Gasteiger partial charge is 0.391 e. The molecule has 7 heteroatoms. The molecule has 0 unspecified atom stereocenters. The highest BCUT2D eigenvalue weighted by molar-refractivity contribution is 7.13. The van der Waals surface area contributed by atoms with Gasteiger partial charge in [-0.2, -0.15) is 0 Å². The summed E-state index contributed by atoms with van der Waals surface area (Å²) in [5.41, 5.74) is 2.65. The molecule has 0 saturated carbocycles. The zero-order valence-electron chi connectivity index (χ0n) is 15.0. The summed E-state index contributed by atoms with van der Waals surface area (Å²) in [6.07, 6.45) is 0.292. The number of amides is 1. The molecule has 140 valence electrons. The second-order valence-electron chi connectivity index (χ2n) is 6.95. The lowest BCUT2D eigenvalue weighted by Gasteiger charge is -2.15. The van der Waals surface area contributed by atoms with Crippen molar-refractivity contribution in [2.75, 3.05) is 13.1 Å². The first kappa shape index (κ1) is 17.9. The molecule has 27 heavy (non-hydrogen) atoms. The first-order valence-corrected chi connectivity index (χ1v) is 9.84. The van der Waals surface area contributed by atoms with E-state index in [9.17, 15) is 9.90 Å². The Balaban J connectivity index is 1.37. The molecule has 0 radical (unpaired) electrons. The van der Waals surface area contributed by atoms with Crippen molar-refractivity contribution in [3.8, 4) is 10.6 Å². The van der Waals surface area contributed by atoms with Gasteiger partial charge in [0, 0.05) is 42.4 Å². The Labute approximate surface area is 161 Å². The molecule has 1 N–H and O–H groups in total. The van der Waals surface area contributed by atoms with E-state index in [-0.39, 0.29) is 18.2 Å². The molecule has 4 rings (SSSR count). The molecule has 1 saturated heterocycles. The number of aliphatic hydroxyl groups excluding tert-OH is 1. The SMILES string of the molecule is Cc1cc(C[C@@H]2CN(C(=O)Cc3csc(-c4ccccc4)n3)C[C@H]2O)on1. The summed E-state index contributed by atoms with van der Waals surface area (Å²) in [5, 5.41) is 17.0. The molecular formula is C20H21N3O3S. The number of hydrogen-bond acceptors (Lipinski definition) is 6. The van der Waals surface area contributed by atoms with E-state index in [1.807, 2.05) is 48.7 Å². The third kappa shape index (κ3) is 4.09. The van der Waals surface area contributed by atoms with Crippen molar-refractivity contribution < 1.29 is 14.4 Å². The third-order valence-corrected chi connectivity index (χ3v) is 5.74. The zero-order chi connectivity index (χ0) is 18.8. The van der Waals surface area contributed by atoms with Crippen LogP contribution < -0.4 is 0 Å². The van der Waals surface area contributed by atoms with Crippen molar-refractivity contribution in [3.63, 3.8) is 0 Å². The summed E-state index contributed by atoms with van der Waals surface area (Å²) in [6.45, 7) is 2.74. The van der Waals surface area contributed by atoms with Gasteiger partial charge in [-0.3, -0.25) is 4.79 Å². The number of benzene rings is 1. The Morgan fingerprint density at radius 1 is 1.33 bits per heavy atom. The topological polar surface area (TPSA) is 79.5 Å². The van der Waals surface area contributed by atoms with E-state index in [4.69, 9.17) is 4.52 Å². The standard InChI is InChI=1S/C20H21N3O3S/c1-13-7-17(26-22-13)8-15-10-23(11-18(15)24)19(25)9-16-12-27-20(21-16)14-5-3-2-4-6-14/h2-7,12,15,18,24H,8-11H2,1H3/t15-,18-/m1/s1. The maximum Gasteiger partial charge on any atom is 0.228 e. The summed E-state index contributed by atoms with van der Waals surface area (Å²) in [5.74, 6) is 0.713. The Hall–Kier alpha value is -2.51. The van der Waals surface area contributed by atoms with E-state index in [2.05, 4.69) is 10.1 Å². The van der Waals surface area contributed by atoms with Crippen molar-refractivity contribution in [3.05, 3.63) is 58.9 Å². The molecule has 0 spiro atoms. The smallest absolute Gasteiger partial charge is 0.228 e. The molecule has 1 fully saturated rings. The fraction of sp³-hybridized carbons (Fsp3) is 0.350. The van der Waals surface area contributed by atoms with Crippen LogP contribution in [0.25, 0.3) is 10.6 Å². The van der Waals surface area contributed by atoms with E-state index in [0.29, 0.717) is 19.5 Å². The molecule has 2 aromatic heterocycles. The number of carbonyl (C=O) groups excluding carboxylic acids is 1. The second kappa shape index (κ2) is 7.62. The fourth-order valence-electron chi connectivity index (χ4n) is 3.40. The molecule has 1 aliphatic rings. The quantitative estimate of drug-likeness (QED) is 0.733. The summed E-state index contributed by atoms with van der Waals surface area (Å²) >= 11 is 1.54. The number of aromatic nitrogens is 2. The summed E-state index contributed by atoms with van der Waals surface area (Å²) in [6, 6.07) is 11.8. The maximum atomic E-state index is 12.7. The molecule has 6 nitrogen and oxygen atoms in total. The Morgan fingerprint density at radius 2 is 2.15 bits per heavy atom. The number of β-amino-alcohol motifs (C(OH)–C–C–N with tert-alkyl or cyclic N) is 1. The van der Waals surface area contributed by atoms with Gasteiger partial charge in [0.15, 0.2) is 0 Å². The van der Waals surface area contributed by atoms with Crippen LogP contribution >= 0.6 is 11.3 Å². The van der Waals surface area contributed by atoms with Crippen LogP contribution in [0.4, 0.5) is 0 Å². The first-order chi connectivity index (χ1) is 13.1. The van der Waals surface area contributed by atoms with Crippen LogP contribution in [0.15, 0.2) is 46.3 Å². The van der Waals surface area contributed by atoms with Crippen LogP contribution in [0.2, 0.25) is 0 Å². The summed E-state index contributed by atoms with van der Waals surface area (Å²) in [4.78, 5) is 19.0. The van der Waals surface area contributed by atoms with Gasteiger partial charge < -0.3 is 14.5 Å². The molecule has 0 bridgehead atoms. The van der Waals surface area contributed by atoms with E-state index in [1.165, 1.54) is 0 Å². The van der Waals surface area contributed by atoms with Crippen molar-refractivity contribution in [1.82, 2.24) is 15.0 Å². The predicted octanol–water partition coefficient (Wildman–Crippen LogP) is 2.71. The highest BCUT2D eigenvalue weighted by atomic mass is 32.1. The first-order valence-electron chi connectivity index (χ1n) is 8.96. The van der Waals surface area contributed by atoms with E-state index >= 15 is 0 Å². The Kier molecular flexibility index (Phi) is 5.05. The number of aliphatic hydroxyl groups is 1. The number of rotatable bonds is 5. The van der Waals surface area contributed by atoms with Gasteiger partial charge in [0.05, 0.1) is 23.9 Å². The summed E-state index contributed by atoms with van der Waals surface area (Å²) < 4.78 is 5.24. The zero-order valence-corrected chi connectivity index (χ0v) is 15.9. The highest BCUT2D eigenvalue weighted by Gasteiger charge is 2.34. The van der Waals surface area contributed by atoms with Crippen LogP contribution in [-0.2, 0) is 17.6 Å². The van der Waals surface area contributed by atoms with Crippen LogP contribution in [0.1, 0.15) is 17.1 Å². The number of carbonyl (C=O) groups is 1. The lowest BCUT2D eigenvalue weighted by molar-refractivity contribution is -0.129. The average molecular weight is 383 g/mol. The summed E-state index contributed by atoms with van der Waals surface area (Å²) in [7, 11) is 0. The van der Waals surface area contributed by atoms with Crippen LogP contribution in [0.5, 0.6) is 0 Å². The van der Waals surface area contributed by atoms with Crippen molar-refractivity contribution >= 4 is 17.2 Å². The number of hydrogen-bond donors (Lipinski definition) is 1. The van der Waals surface area contributed by atoms with Crippen molar-refractivity contribution in [1.29, 1.82) is 0 Å². The third-order valence-electron chi connectivity index (χ3n) is 4.80. The molecule has 1 aliphatic heterocycles. The Morgan fingerprint density at radius 3 is 2.89 bits per heavy atom. The normalized spacial score (nSPS) is 19.6. The van der Waals surface area contributed by atoms with Crippen LogP contribution in [0, 0.1) is 12.8 Å². The molecule has 2 atom stereocenters. The fourth-order valence-corrected chi connectivity index (χ4v) is 4.22. The van der Waals surface area contributed by atoms with Gasteiger partial charge in [-0.25, -0.2) is 4.98 Å². The second-order valence-corrected chi connectivity index (χ2v) is 7.81. The highest BCUT2D eigenvalue weighted by Crippen LogP contribution is 2.25. The van der Waals surface area contributed by atoms with Gasteiger partial charge in [-0.15, -0.1) is 11.3 Å². The number of nitrogens with zero attached hydrogens (tertiary/aromatic N) is 3. The number of thiazole rings is 1. The van der Waals surface area contributed by atoms with Crippen LogP contribution in [-0.4, -0.2) is 45.2 Å². The monoisotopic (exact) mass is 383 g/mol. The van der Waals surface area contributed by atoms with E-state index < -0.39 is 6.10 Å². The molecule has 3 aromatic rings. The average Bonchev–Trinajstić information content (AvgIpc) is 3.38. The van der Waals surface area contributed by atoms with Crippen molar-refractivity contribution in [2.45, 2.75) is 25.9 Å². The van der Waals surface area contributed by atoms with Gasteiger partial charge in [-0.05, 0) is 6.92 Å². The van der Waals surface area contributed by atoms with Gasteiger partial charge in [0.25, 0.3) is 0 Å². The molecular weight excluding hydrogens is 362 g/mol. The lowest BCUT2D eigenvalue weighted by Crippen LogP contribution is -2.31. The maximum absolute atomic E-state index is 12.7.